The van der Waals surface area contributed by atoms with Gasteiger partial charge in [-0.25, -0.2) is 4.98 Å². The van der Waals surface area contributed by atoms with Crippen molar-refractivity contribution >= 4 is 11.9 Å². The number of hydrogen-bond acceptors (Lipinski definition) is 5. The monoisotopic (exact) mass is 306 g/mol. The van der Waals surface area contributed by atoms with Crippen LogP contribution in [0.15, 0.2) is 18.3 Å². The molecule has 1 unspecified atom stereocenters. The Morgan fingerprint density at radius 1 is 1.41 bits per heavy atom. The molecular weight excluding hydrogens is 288 g/mol. The van der Waals surface area contributed by atoms with Crippen molar-refractivity contribution in [1.82, 2.24) is 9.88 Å². The summed E-state index contributed by atoms with van der Waals surface area (Å²) in [7, 11) is 0. The van der Waals surface area contributed by atoms with Gasteiger partial charge in [-0.3, -0.25) is 9.59 Å². The zero-order valence-electron chi connectivity index (χ0n) is 12.1. The highest BCUT2D eigenvalue weighted by Crippen LogP contribution is 2.28. The Morgan fingerprint density at radius 2 is 2.23 bits per heavy atom. The summed E-state index contributed by atoms with van der Waals surface area (Å²) in [5.74, 6) is -0.930. The van der Waals surface area contributed by atoms with Crippen molar-refractivity contribution < 1.29 is 24.2 Å². The number of aliphatic carboxylic acids is 1. The number of ether oxygens (including phenoxy) is 2. The molecule has 3 rings (SSSR count). The highest BCUT2D eigenvalue weighted by molar-refractivity contribution is 5.96. The summed E-state index contributed by atoms with van der Waals surface area (Å²) in [4.78, 5) is 28.9. The number of carboxylic acids is 1. The van der Waals surface area contributed by atoms with E-state index in [2.05, 4.69) is 4.98 Å². The lowest BCUT2D eigenvalue weighted by molar-refractivity contribution is -0.137. The first kappa shape index (κ1) is 14.8. The Balaban J connectivity index is 1.72. The van der Waals surface area contributed by atoms with Crippen molar-refractivity contribution in [3.05, 3.63) is 23.9 Å². The van der Waals surface area contributed by atoms with Gasteiger partial charge in [0.2, 0.25) is 5.88 Å². The molecule has 1 aliphatic carbocycles. The molecule has 1 aromatic rings. The van der Waals surface area contributed by atoms with Crippen molar-refractivity contribution in [1.29, 1.82) is 0 Å². The number of nitrogens with zero attached hydrogens (tertiary/aromatic N) is 2. The summed E-state index contributed by atoms with van der Waals surface area (Å²) in [6, 6.07) is 3.18. The Morgan fingerprint density at radius 3 is 2.86 bits per heavy atom. The van der Waals surface area contributed by atoms with Crippen LogP contribution in [0.1, 0.15) is 29.6 Å². The zero-order chi connectivity index (χ0) is 15.5. The minimum Gasteiger partial charge on any atom is -0.480 e. The lowest BCUT2D eigenvalue weighted by atomic mass is 10.2. The smallest absolute Gasteiger partial charge is 0.323 e. The quantitative estimate of drug-likeness (QED) is 0.841. The molecule has 1 saturated carbocycles. The van der Waals surface area contributed by atoms with Crippen LogP contribution in [-0.2, 0) is 9.53 Å². The first-order chi connectivity index (χ1) is 10.6. The van der Waals surface area contributed by atoms with E-state index in [1.54, 1.807) is 12.1 Å². The number of hydrogen-bond donors (Lipinski definition) is 1. The van der Waals surface area contributed by atoms with Gasteiger partial charge in [0, 0.05) is 30.3 Å². The Bertz CT molecular complexity index is 567. The summed E-state index contributed by atoms with van der Waals surface area (Å²) in [6.45, 7) is 0.906. The molecule has 2 heterocycles. The second kappa shape index (κ2) is 6.31. The largest absolute Gasteiger partial charge is 0.480 e. The zero-order valence-corrected chi connectivity index (χ0v) is 12.1. The van der Waals surface area contributed by atoms with Crippen LogP contribution in [0, 0.1) is 0 Å². The number of carbonyl (C=O) groups excluding carboxylic acids is 1. The lowest BCUT2D eigenvalue weighted by Gasteiger charge is -2.20. The van der Waals surface area contributed by atoms with Gasteiger partial charge in [0.25, 0.3) is 5.91 Å². The van der Waals surface area contributed by atoms with Gasteiger partial charge >= 0.3 is 5.97 Å². The summed E-state index contributed by atoms with van der Waals surface area (Å²) < 4.78 is 10.9. The van der Waals surface area contributed by atoms with Gasteiger partial charge in [-0.2, -0.15) is 0 Å². The summed E-state index contributed by atoms with van der Waals surface area (Å²) in [6.07, 6.45) is 3.97. The van der Waals surface area contributed by atoms with Crippen LogP contribution in [0.2, 0.25) is 0 Å². The predicted molar refractivity (Wildman–Crippen MR) is 75.8 cm³/mol. The average molecular weight is 306 g/mol. The van der Waals surface area contributed by atoms with E-state index in [1.807, 2.05) is 0 Å². The van der Waals surface area contributed by atoms with Crippen molar-refractivity contribution in [2.24, 2.45) is 0 Å². The van der Waals surface area contributed by atoms with Crippen molar-refractivity contribution in [2.75, 3.05) is 19.8 Å². The van der Waals surface area contributed by atoms with Crippen molar-refractivity contribution in [2.45, 2.75) is 31.4 Å². The maximum atomic E-state index is 12.5. The molecule has 1 saturated heterocycles. The molecular formula is C15H18N2O5. The van der Waals surface area contributed by atoms with Crippen LogP contribution in [0.4, 0.5) is 0 Å². The molecule has 118 valence electrons. The molecule has 2 fully saturated rings. The van der Waals surface area contributed by atoms with Gasteiger partial charge in [-0.1, -0.05) is 0 Å². The third-order valence-corrected chi connectivity index (χ3v) is 3.71. The predicted octanol–water partition coefficient (Wildman–Crippen LogP) is 0.938. The number of amides is 1. The molecule has 2 aliphatic rings. The van der Waals surface area contributed by atoms with Crippen LogP contribution < -0.4 is 4.74 Å². The van der Waals surface area contributed by atoms with E-state index in [0.29, 0.717) is 24.7 Å². The highest BCUT2D eigenvalue weighted by atomic mass is 16.5. The number of rotatable bonds is 6. The fraction of sp³-hybridized carbons (Fsp3) is 0.533. The Hall–Kier alpha value is -2.15. The topological polar surface area (TPSA) is 89.0 Å². The maximum absolute atomic E-state index is 12.5. The molecule has 1 aliphatic heterocycles. The van der Waals surface area contributed by atoms with Gasteiger partial charge in [0.1, 0.15) is 12.6 Å². The van der Waals surface area contributed by atoms with E-state index in [4.69, 9.17) is 14.6 Å². The molecule has 0 aromatic carbocycles. The Kier molecular flexibility index (Phi) is 4.24. The fourth-order valence-corrected chi connectivity index (χ4v) is 2.45. The highest BCUT2D eigenvalue weighted by Gasteiger charge is 2.34. The SMILES string of the molecule is O=C(O)CN(C(=O)c1ccnc(OC2CCOC2)c1)C1CC1. The van der Waals surface area contributed by atoms with Gasteiger partial charge in [-0.15, -0.1) is 0 Å². The number of carbonyl (C=O) groups is 2. The van der Waals surface area contributed by atoms with E-state index < -0.39 is 5.97 Å². The number of carboxylic acid groups (broad SMARTS) is 1. The van der Waals surface area contributed by atoms with Crippen LogP contribution in [-0.4, -0.2) is 58.8 Å². The molecule has 1 atom stereocenters. The molecule has 1 aromatic heterocycles. The molecule has 0 spiro atoms. The lowest BCUT2D eigenvalue weighted by Crippen LogP contribution is -2.37. The fourth-order valence-electron chi connectivity index (χ4n) is 2.45. The third kappa shape index (κ3) is 3.54. The number of aromatic nitrogens is 1. The van der Waals surface area contributed by atoms with Crippen molar-refractivity contribution in [3.8, 4) is 5.88 Å². The summed E-state index contributed by atoms with van der Waals surface area (Å²) >= 11 is 0. The van der Waals surface area contributed by atoms with Crippen LogP contribution in [0.5, 0.6) is 5.88 Å². The summed E-state index contributed by atoms with van der Waals surface area (Å²) in [5.41, 5.74) is 0.400. The van der Waals surface area contributed by atoms with Gasteiger partial charge in [0.15, 0.2) is 0 Å². The van der Waals surface area contributed by atoms with E-state index in [9.17, 15) is 9.59 Å². The second-order valence-corrected chi connectivity index (χ2v) is 5.54. The molecule has 0 bridgehead atoms. The third-order valence-electron chi connectivity index (χ3n) is 3.71. The first-order valence-corrected chi connectivity index (χ1v) is 7.36. The molecule has 0 radical (unpaired) electrons. The molecule has 7 heteroatoms. The van der Waals surface area contributed by atoms with E-state index in [0.717, 1.165) is 19.3 Å². The first-order valence-electron chi connectivity index (χ1n) is 7.36. The molecule has 1 amide bonds. The standard InChI is InChI=1S/C15H18N2O5/c18-14(19)8-17(11-1-2-11)15(20)10-3-5-16-13(7-10)22-12-4-6-21-9-12/h3,5,7,11-12H,1-2,4,6,8-9H2,(H,18,19). The summed E-state index contributed by atoms with van der Waals surface area (Å²) in [5, 5.41) is 8.96. The van der Waals surface area contributed by atoms with Crippen LogP contribution in [0.3, 0.4) is 0 Å². The minimum absolute atomic E-state index is 0.0318. The Labute approximate surface area is 127 Å². The van der Waals surface area contributed by atoms with E-state index in [1.165, 1.54) is 11.1 Å². The normalized spacial score (nSPS) is 20.6. The molecule has 7 nitrogen and oxygen atoms in total. The van der Waals surface area contributed by atoms with Gasteiger partial charge in [0.05, 0.1) is 13.2 Å². The maximum Gasteiger partial charge on any atom is 0.323 e. The molecule has 22 heavy (non-hydrogen) atoms. The van der Waals surface area contributed by atoms with E-state index in [-0.39, 0.29) is 24.6 Å². The average Bonchev–Trinajstić information content (AvgIpc) is 3.22. The number of pyridine rings is 1. The van der Waals surface area contributed by atoms with E-state index >= 15 is 0 Å². The van der Waals surface area contributed by atoms with Gasteiger partial charge in [-0.05, 0) is 18.9 Å². The second-order valence-electron chi connectivity index (χ2n) is 5.54. The van der Waals surface area contributed by atoms with Crippen molar-refractivity contribution in [3.63, 3.8) is 0 Å². The van der Waals surface area contributed by atoms with Crippen LogP contribution >= 0.6 is 0 Å². The molecule has 1 N–H and O–H groups in total. The van der Waals surface area contributed by atoms with Crippen LogP contribution in [0.25, 0.3) is 0 Å². The van der Waals surface area contributed by atoms with Gasteiger partial charge < -0.3 is 19.5 Å². The minimum atomic E-state index is -1.01.